The summed E-state index contributed by atoms with van der Waals surface area (Å²) >= 11 is 5.82. The predicted octanol–water partition coefficient (Wildman–Crippen LogP) is 4.43. The van der Waals surface area contributed by atoms with E-state index >= 15 is 4.39 Å². The molecule has 2 aromatic heterocycles. The molecule has 5 rings (SSSR count). The molecule has 3 atom stereocenters. The third-order valence-electron chi connectivity index (χ3n) is 7.94. The highest BCUT2D eigenvalue weighted by molar-refractivity contribution is 6.31. The van der Waals surface area contributed by atoms with Crippen molar-refractivity contribution in [3.63, 3.8) is 0 Å². The maximum Gasteiger partial charge on any atom is 0.417 e. The molecule has 0 bridgehead atoms. The fraction of sp³-hybridized carbons (Fsp3) is 0.500. The van der Waals surface area contributed by atoms with Crippen LogP contribution in [0.25, 0.3) is 0 Å². The molecule has 2 fully saturated rings. The van der Waals surface area contributed by atoms with E-state index in [-0.39, 0.29) is 41.3 Å². The summed E-state index contributed by atoms with van der Waals surface area (Å²) in [5.41, 5.74) is -0.622. The summed E-state index contributed by atoms with van der Waals surface area (Å²) in [6.07, 6.45) is -4.77. The van der Waals surface area contributed by atoms with Crippen molar-refractivity contribution in [2.75, 3.05) is 11.9 Å². The number of nitrogens with zero attached hydrogens (tertiary/aromatic N) is 4. The van der Waals surface area contributed by atoms with Gasteiger partial charge in [0.2, 0.25) is 5.82 Å². The summed E-state index contributed by atoms with van der Waals surface area (Å²) in [5.74, 6) is -3.09. The van der Waals surface area contributed by atoms with Crippen molar-refractivity contribution in [2.45, 2.75) is 49.5 Å². The predicted molar refractivity (Wildman–Crippen MR) is 135 cm³/mol. The van der Waals surface area contributed by atoms with Crippen LogP contribution in [0, 0.1) is 23.5 Å². The number of aryl methyl sites for hydroxylation is 2. The van der Waals surface area contributed by atoms with E-state index in [4.69, 9.17) is 21.4 Å². The molecule has 41 heavy (non-hydrogen) atoms. The molecule has 222 valence electrons. The summed E-state index contributed by atoms with van der Waals surface area (Å²) in [7, 11) is 3.03. The Kier molecular flexibility index (Phi) is 7.53. The van der Waals surface area contributed by atoms with Crippen molar-refractivity contribution < 1.29 is 41.7 Å². The molecule has 15 heteroatoms. The van der Waals surface area contributed by atoms with Crippen LogP contribution >= 0.6 is 11.6 Å². The van der Waals surface area contributed by atoms with E-state index in [1.165, 1.54) is 25.5 Å². The molecule has 0 radical (unpaired) electrons. The molecule has 0 spiro atoms. The van der Waals surface area contributed by atoms with Crippen molar-refractivity contribution in [3.05, 3.63) is 58.3 Å². The number of amides is 1. The van der Waals surface area contributed by atoms with Crippen LogP contribution in [0.3, 0.4) is 0 Å². The number of carbonyl (C=O) groups is 1. The molecule has 2 aliphatic carbocycles. The second kappa shape index (κ2) is 10.6. The maximum absolute atomic E-state index is 15.2. The van der Waals surface area contributed by atoms with Gasteiger partial charge in [0.15, 0.2) is 6.10 Å². The Morgan fingerprint density at radius 3 is 2.51 bits per heavy atom. The van der Waals surface area contributed by atoms with Gasteiger partial charge in [0.1, 0.15) is 29.4 Å². The number of hydrogen-bond acceptors (Lipinski definition) is 6. The van der Waals surface area contributed by atoms with Crippen molar-refractivity contribution >= 4 is 23.2 Å². The molecule has 0 saturated heterocycles. The Hall–Kier alpha value is -3.23. The molecule has 2 saturated carbocycles. The van der Waals surface area contributed by atoms with Crippen LogP contribution in [0.15, 0.2) is 24.5 Å². The molecule has 2 heterocycles. The first-order valence-electron chi connectivity index (χ1n) is 12.8. The number of hydrogen-bond donors (Lipinski definition) is 3. The lowest BCUT2D eigenvalue weighted by atomic mass is 9.90. The van der Waals surface area contributed by atoms with E-state index < -0.39 is 47.9 Å². The third kappa shape index (κ3) is 5.52. The molecule has 3 aromatic rings. The number of aliphatic hydroxyl groups is 2. The van der Waals surface area contributed by atoms with Gasteiger partial charge in [-0.2, -0.15) is 17.6 Å². The summed E-state index contributed by atoms with van der Waals surface area (Å²) in [5, 5.41) is 27.0. The third-order valence-corrected chi connectivity index (χ3v) is 8.23. The van der Waals surface area contributed by atoms with Gasteiger partial charge < -0.3 is 24.8 Å². The van der Waals surface area contributed by atoms with Crippen LogP contribution in [0.4, 0.5) is 27.6 Å². The zero-order chi connectivity index (χ0) is 29.9. The van der Waals surface area contributed by atoms with Gasteiger partial charge in [-0.15, -0.1) is 5.10 Å². The number of nitrogens with one attached hydrogen (secondary N) is 1. The van der Waals surface area contributed by atoms with Crippen molar-refractivity contribution in [1.82, 2.24) is 19.3 Å². The Balaban J connectivity index is 1.28. The molecule has 3 unspecified atom stereocenters. The first kappa shape index (κ1) is 29.3. The number of ether oxygens (including phenoxy) is 1. The molecular formula is C26H27ClF5N5O4. The number of anilines is 1. The smallest absolute Gasteiger partial charge is 0.417 e. The van der Waals surface area contributed by atoms with Crippen LogP contribution in [-0.4, -0.2) is 54.3 Å². The van der Waals surface area contributed by atoms with E-state index in [0.717, 1.165) is 10.7 Å². The summed E-state index contributed by atoms with van der Waals surface area (Å²) in [6.45, 7) is -1.24. The highest BCUT2D eigenvalue weighted by Gasteiger charge is 2.53. The average Bonchev–Trinajstić information content (AvgIpc) is 3.60. The van der Waals surface area contributed by atoms with Crippen molar-refractivity contribution in [3.8, 4) is 5.88 Å². The van der Waals surface area contributed by atoms with E-state index in [9.17, 15) is 27.5 Å². The first-order chi connectivity index (χ1) is 19.2. The van der Waals surface area contributed by atoms with E-state index in [1.807, 2.05) is 0 Å². The highest BCUT2D eigenvalue weighted by atomic mass is 35.5. The van der Waals surface area contributed by atoms with Crippen LogP contribution in [0.1, 0.15) is 53.5 Å². The van der Waals surface area contributed by atoms with Crippen LogP contribution < -0.4 is 10.1 Å². The number of aromatic nitrogens is 4. The van der Waals surface area contributed by atoms with Gasteiger partial charge in [-0.3, -0.25) is 9.48 Å². The number of rotatable bonds is 7. The Labute approximate surface area is 235 Å². The minimum Gasteiger partial charge on any atom is -0.471 e. The van der Waals surface area contributed by atoms with Gasteiger partial charge in [-0.1, -0.05) is 11.6 Å². The Bertz CT molecular complexity index is 1460. The molecule has 1 amide bonds. The van der Waals surface area contributed by atoms with Gasteiger partial charge in [-0.05, 0) is 55.7 Å². The molecule has 9 nitrogen and oxygen atoms in total. The number of alkyl halides is 3. The molecule has 0 aliphatic heterocycles. The summed E-state index contributed by atoms with van der Waals surface area (Å²) in [6, 6.07) is 3.84. The molecule has 1 aromatic carbocycles. The number of imidazole rings is 1. The van der Waals surface area contributed by atoms with E-state index in [2.05, 4.69) is 15.4 Å². The Morgan fingerprint density at radius 1 is 1.24 bits per heavy atom. The average molecular weight is 604 g/mol. The fourth-order valence-electron chi connectivity index (χ4n) is 6.19. The lowest BCUT2D eigenvalue weighted by Gasteiger charge is -2.25. The number of carbonyl (C=O) groups excluding carboxylic acids is 1. The summed E-state index contributed by atoms with van der Waals surface area (Å²) < 4.78 is 73.9. The number of halogens is 6. The van der Waals surface area contributed by atoms with Gasteiger partial charge in [0.25, 0.3) is 11.8 Å². The van der Waals surface area contributed by atoms with Crippen LogP contribution in [0.5, 0.6) is 5.88 Å². The quantitative estimate of drug-likeness (QED) is 0.344. The maximum atomic E-state index is 15.2. The number of aliphatic hydroxyl groups excluding tert-OH is 1. The summed E-state index contributed by atoms with van der Waals surface area (Å²) in [4.78, 5) is 17.6. The number of fused-ring (bicyclic) bond motifs is 1. The van der Waals surface area contributed by atoms with E-state index in [0.29, 0.717) is 29.9 Å². The highest BCUT2D eigenvalue weighted by Crippen LogP contribution is 2.57. The topological polar surface area (TPSA) is 114 Å². The van der Waals surface area contributed by atoms with Gasteiger partial charge in [0, 0.05) is 25.7 Å². The standard InChI is InChI=1S/C26H27ClF5N5O4/c1-36-11-33-20(21(36)23(39)34-15-3-4-17(28)16(27)7-15)12-5-13-8-25(40,9-14(13)6-12)22-19(29)24(35-37(22)2)41-10-18(38)26(30,31)32/h3-4,7,11-14,18,38,40H,5-6,8-10H2,1-2H3,(H,34,39). The lowest BCUT2D eigenvalue weighted by Crippen LogP contribution is -2.34. The van der Waals surface area contributed by atoms with Crippen LogP contribution in [0.2, 0.25) is 5.02 Å². The van der Waals surface area contributed by atoms with Crippen LogP contribution in [-0.2, 0) is 19.7 Å². The largest absolute Gasteiger partial charge is 0.471 e. The Morgan fingerprint density at radius 2 is 1.90 bits per heavy atom. The molecule has 3 N–H and O–H groups in total. The zero-order valence-corrected chi connectivity index (χ0v) is 22.7. The van der Waals surface area contributed by atoms with Gasteiger partial charge >= 0.3 is 6.18 Å². The second-order valence-corrected chi connectivity index (χ2v) is 11.2. The minimum atomic E-state index is -4.94. The first-order valence-corrected chi connectivity index (χ1v) is 13.2. The second-order valence-electron chi connectivity index (χ2n) is 10.8. The van der Waals surface area contributed by atoms with E-state index in [1.54, 1.807) is 11.6 Å². The SMILES string of the molecule is Cn1cnc(C2CC3CC(O)(c4c(F)c(OCC(O)C(F)(F)F)nn4C)CC3C2)c1C(=O)Nc1ccc(F)c(Cl)c1. The normalized spacial score (nSPS) is 24.9. The molecule has 2 aliphatic rings. The van der Waals surface area contributed by atoms with Gasteiger partial charge in [0.05, 0.1) is 17.0 Å². The van der Waals surface area contributed by atoms with Crippen molar-refractivity contribution in [2.24, 2.45) is 25.9 Å². The minimum absolute atomic E-state index is 0.0513. The number of benzene rings is 1. The van der Waals surface area contributed by atoms with Gasteiger partial charge in [-0.25, -0.2) is 9.37 Å². The zero-order valence-electron chi connectivity index (χ0n) is 21.9. The molecular weight excluding hydrogens is 577 g/mol. The lowest BCUT2D eigenvalue weighted by molar-refractivity contribution is -0.211. The monoisotopic (exact) mass is 603 g/mol. The fourth-order valence-corrected chi connectivity index (χ4v) is 6.37. The van der Waals surface area contributed by atoms with Crippen molar-refractivity contribution in [1.29, 1.82) is 0 Å².